The van der Waals surface area contributed by atoms with Gasteiger partial charge in [-0.2, -0.15) is 0 Å². The monoisotopic (exact) mass is 215 g/mol. The van der Waals surface area contributed by atoms with Crippen molar-refractivity contribution in [2.24, 2.45) is 11.5 Å². The summed E-state index contributed by atoms with van der Waals surface area (Å²) < 4.78 is 0. The Morgan fingerprint density at radius 2 is 1.93 bits per heavy atom. The van der Waals surface area contributed by atoms with E-state index in [2.05, 4.69) is 5.32 Å². The molecule has 2 amide bonds. The molecule has 0 aromatic carbocycles. The number of rotatable bonds is 6. The zero-order chi connectivity index (χ0) is 12.1. The van der Waals surface area contributed by atoms with Crippen LogP contribution in [0.5, 0.6) is 0 Å². The minimum atomic E-state index is -0.981. The van der Waals surface area contributed by atoms with Crippen LogP contribution in [0.25, 0.3) is 0 Å². The van der Waals surface area contributed by atoms with Gasteiger partial charge in [0.05, 0.1) is 0 Å². The topological polar surface area (TPSA) is 98.2 Å². The first-order valence-electron chi connectivity index (χ1n) is 5.12. The van der Waals surface area contributed by atoms with Gasteiger partial charge < -0.3 is 16.8 Å². The normalized spacial score (nSPS) is 13.3. The van der Waals surface area contributed by atoms with Gasteiger partial charge in [-0.1, -0.05) is 0 Å². The molecule has 0 saturated carbocycles. The second kappa shape index (κ2) is 5.70. The third kappa shape index (κ3) is 6.06. The largest absolute Gasteiger partial charge is 0.368 e. The first-order chi connectivity index (χ1) is 6.75. The minimum absolute atomic E-state index is 0.0990. The predicted molar refractivity (Wildman–Crippen MR) is 58.9 cm³/mol. The van der Waals surface area contributed by atoms with E-state index in [0.717, 1.165) is 12.8 Å². The lowest BCUT2D eigenvalue weighted by atomic mass is 10.0. The van der Waals surface area contributed by atoms with Crippen molar-refractivity contribution in [1.29, 1.82) is 0 Å². The van der Waals surface area contributed by atoms with Crippen LogP contribution in [0, 0.1) is 0 Å². The number of primary amides is 1. The fourth-order valence-electron chi connectivity index (χ4n) is 1.06. The third-order valence-corrected chi connectivity index (χ3v) is 2.13. The molecule has 0 aliphatic carbocycles. The predicted octanol–water partition coefficient (Wildman–Crippen LogP) is -0.116. The van der Waals surface area contributed by atoms with E-state index < -0.39 is 11.4 Å². The molecule has 0 heterocycles. The van der Waals surface area contributed by atoms with Gasteiger partial charge in [0.15, 0.2) is 0 Å². The van der Waals surface area contributed by atoms with Crippen LogP contribution in [0.1, 0.15) is 40.0 Å². The molecule has 0 aromatic heterocycles. The average molecular weight is 215 g/mol. The Kier molecular flexibility index (Phi) is 5.28. The van der Waals surface area contributed by atoms with Gasteiger partial charge in [0.2, 0.25) is 11.8 Å². The van der Waals surface area contributed by atoms with Crippen LogP contribution in [0.4, 0.5) is 0 Å². The van der Waals surface area contributed by atoms with Crippen LogP contribution >= 0.6 is 0 Å². The summed E-state index contributed by atoms with van der Waals surface area (Å²) in [4.78, 5) is 22.3. The summed E-state index contributed by atoms with van der Waals surface area (Å²) in [5.74, 6) is -0.706. The molecule has 15 heavy (non-hydrogen) atoms. The molecule has 5 nitrogen and oxygen atoms in total. The smallest absolute Gasteiger partial charge is 0.242 e. The molecule has 5 N–H and O–H groups in total. The Morgan fingerprint density at radius 3 is 2.33 bits per heavy atom. The third-order valence-electron chi connectivity index (χ3n) is 2.13. The second-order valence-corrected chi connectivity index (χ2v) is 4.41. The van der Waals surface area contributed by atoms with Crippen molar-refractivity contribution in [3.05, 3.63) is 0 Å². The van der Waals surface area contributed by atoms with E-state index in [9.17, 15) is 9.59 Å². The highest BCUT2D eigenvalue weighted by Crippen LogP contribution is 2.03. The van der Waals surface area contributed by atoms with Crippen molar-refractivity contribution in [1.82, 2.24) is 5.32 Å². The number of carbonyl (C=O) groups excluding carboxylic acids is 2. The zero-order valence-electron chi connectivity index (χ0n) is 9.67. The molecule has 0 rings (SSSR count). The molecule has 0 saturated heterocycles. The maximum Gasteiger partial charge on any atom is 0.242 e. The fourth-order valence-corrected chi connectivity index (χ4v) is 1.06. The highest BCUT2D eigenvalue weighted by molar-refractivity contribution is 5.89. The van der Waals surface area contributed by atoms with E-state index >= 15 is 0 Å². The summed E-state index contributed by atoms with van der Waals surface area (Å²) in [6, 6.07) is 0.0990. The van der Waals surface area contributed by atoms with E-state index in [1.54, 1.807) is 13.8 Å². The summed E-state index contributed by atoms with van der Waals surface area (Å²) in [6.45, 7) is 5.06. The number of hydrogen-bond donors (Lipinski definition) is 3. The van der Waals surface area contributed by atoms with Gasteiger partial charge >= 0.3 is 0 Å². The van der Waals surface area contributed by atoms with E-state index in [1.165, 1.54) is 0 Å². The van der Waals surface area contributed by atoms with E-state index in [4.69, 9.17) is 11.5 Å². The van der Waals surface area contributed by atoms with Crippen molar-refractivity contribution in [2.45, 2.75) is 51.6 Å². The number of carbonyl (C=O) groups is 2. The summed E-state index contributed by atoms with van der Waals surface area (Å²) in [5, 5.41) is 2.58. The molecule has 5 heteroatoms. The molecule has 1 unspecified atom stereocenters. The Bertz CT molecular complexity index is 237. The van der Waals surface area contributed by atoms with Crippen LogP contribution in [-0.2, 0) is 9.59 Å². The molecule has 0 radical (unpaired) electrons. The molecule has 88 valence electrons. The number of nitrogens with one attached hydrogen (secondary N) is 1. The first-order valence-corrected chi connectivity index (χ1v) is 5.12. The molecular formula is C10H21N3O2. The van der Waals surface area contributed by atoms with Crippen molar-refractivity contribution in [2.75, 3.05) is 0 Å². The van der Waals surface area contributed by atoms with Crippen LogP contribution in [0.15, 0.2) is 0 Å². The molecule has 0 fully saturated rings. The van der Waals surface area contributed by atoms with Gasteiger partial charge in [-0.25, -0.2) is 0 Å². The summed E-state index contributed by atoms with van der Waals surface area (Å²) in [7, 11) is 0. The zero-order valence-corrected chi connectivity index (χ0v) is 9.67. The van der Waals surface area contributed by atoms with Gasteiger partial charge in [-0.3, -0.25) is 9.59 Å². The maximum absolute atomic E-state index is 11.4. The quantitative estimate of drug-likeness (QED) is 0.576. The van der Waals surface area contributed by atoms with E-state index in [-0.39, 0.29) is 11.9 Å². The van der Waals surface area contributed by atoms with Gasteiger partial charge in [0.25, 0.3) is 0 Å². The van der Waals surface area contributed by atoms with Crippen molar-refractivity contribution < 1.29 is 9.59 Å². The average Bonchev–Trinajstić information content (AvgIpc) is 2.01. The maximum atomic E-state index is 11.4. The highest BCUT2D eigenvalue weighted by atomic mass is 16.2. The van der Waals surface area contributed by atoms with Crippen molar-refractivity contribution in [3.8, 4) is 0 Å². The van der Waals surface area contributed by atoms with Crippen LogP contribution in [0.2, 0.25) is 0 Å². The van der Waals surface area contributed by atoms with E-state index in [1.807, 2.05) is 6.92 Å². The molecule has 0 aromatic rings. The van der Waals surface area contributed by atoms with Gasteiger partial charge in [0.1, 0.15) is 5.54 Å². The molecule has 0 spiro atoms. The van der Waals surface area contributed by atoms with Gasteiger partial charge in [-0.15, -0.1) is 0 Å². The number of hydrogen-bond acceptors (Lipinski definition) is 3. The molecular weight excluding hydrogens is 194 g/mol. The van der Waals surface area contributed by atoms with Gasteiger partial charge in [0, 0.05) is 12.5 Å². The Balaban J connectivity index is 3.89. The lowest BCUT2D eigenvalue weighted by molar-refractivity contribution is -0.130. The molecule has 0 aliphatic rings. The van der Waals surface area contributed by atoms with Crippen molar-refractivity contribution in [3.63, 3.8) is 0 Å². The van der Waals surface area contributed by atoms with Crippen molar-refractivity contribution >= 4 is 11.8 Å². The molecule has 0 bridgehead atoms. The Morgan fingerprint density at radius 1 is 1.40 bits per heavy atom. The van der Waals surface area contributed by atoms with E-state index in [0.29, 0.717) is 6.42 Å². The molecule has 1 atom stereocenters. The Hall–Kier alpha value is -1.10. The first kappa shape index (κ1) is 13.9. The van der Waals surface area contributed by atoms with Crippen LogP contribution in [0.3, 0.4) is 0 Å². The second-order valence-electron chi connectivity index (χ2n) is 4.41. The lowest BCUT2D eigenvalue weighted by Crippen LogP contribution is -2.52. The van der Waals surface area contributed by atoms with Crippen LogP contribution in [-0.4, -0.2) is 23.4 Å². The molecule has 0 aliphatic heterocycles. The minimum Gasteiger partial charge on any atom is -0.368 e. The summed E-state index contributed by atoms with van der Waals surface area (Å²) in [5.41, 5.74) is 9.69. The fraction of sp³-hybridized carbons (Fsp3) is 0.800. The summed E-state index contributed by atoms with van der Waals surface area (Å²) >= 11 is 0. The Labute approximate surface area is 90.6 Å². The van der Waals surface area contributed by atoms with Gasteiger partial charge in [-0.05, 0) is 33.6 Å². The standard InChI is InChI=1S/C10H21N3O2/c1-7(11)5-4-6-8(14)13-10(2,3)9(12)15/h7H,4-6,11H2,1-3H3,(H2,12,15)(H,13,14). The highest BCUT2D eigenvalue weighted by Gasteiger charge is 2.26. The van der Waals surface area contributed by atoms with Crippen LogP contribution < -0.4 is 16.8 Å². The number of nitrogens with two attached hydrogens (primary N) is 2. The number of amides is 2. The SMILES string of the molecule is CC(N)CCCC(=O)NC(C)(C)C(N)=O. The summed E-state index contributed by atoms with van der Waals surface area (Å²) in [6.07, 6.45) is 1.89. The lowest BCUT2D eigenvalue weighted by Gasteiger charge is -2.22.